The second-order valence-electron chi connectivity index (χ2n) is 6.92. The van der Waals surface area contributed by atoms with E-state index in [4.69, 9.17) is 4.74 Å². The predicted molar refractivity (Wildman–Crippen MR) is 108 cm³/mol. The smallest absolute Gasteiger partial charge is 0.119 e. The first-order valence-electron chi connectivity index (χ1n) is 9.34. The van der Waals surface area contributed by atoms with Crippen molar-refractivity contribution in [3.8, 4) is 5.75 Å². The average Bonchev–Trinajstić information content (AvgIpc) is 2.84. The lowest BCUT2D eigenvalue weighted by atomic mass is 9.88. The van der Waals surface area contributed by atoms with Crippen molar-refractivity contribution in [3.05, 3.63) is 59.7 Å². The van der Waals surface area contributed by atoms with E-state index >= 15 is 0 Å². The third-order valence-electron chi connectivity index (χ3n) is 5.30. The highest BCUT2D eigenvalue weighted by atomic mass is 32.2. The Kier molecular flexibility index (Phi) is 6.08. The van der Waals surface area contributed by atoms with Crippen molar-refractivity contribution < 1.29 is 4.74 Å². The summed E-state index contributed by atoms with van der Waals surface area (Å²) in [5, 5.41) is 4.06. The molecule has 0 aromatic heterocycles. The lowest BCUT2D eigenvalue weighted by Crippen LogP contribution is -2.48. The molecular weight excluding hydrogens is 326 g/mol. The first-order chi connectivity index (χ1) is 12.2. The van der Waals surface area contributed by atoms with Crippen LogP contribution in [0.25, 0.3) is 0 Å². The van der Waals surface area contributed by atoms with Crippen molar-refractivity contribution in [2.24, 2.45) is 0 Å². The highest BCUT2D eigenvalue weighted by molar-refractivity contribution is 7.99. The Balaban J connectivity index is 2.04. The van der Waals surface area contributed by atoms with Gasteiger partial charge in [-0.3, -0.25) is 5.32 Å². The molecule has 0 fully saturated rings. The number of methoxy groups -OCH3 is 1. The minimum absolute atomic E-state index is 0.174. The van der Waals surface area contributed by atoms with Crippen molar-refractivity contribution in [2.75, 3.05) is 12.9 Å². The van der Waals surface area contributed by atoms with E-state index in [9.17, 15) is 0 Å². The van der Waals surface area contributed by atoms with Crippen LogP contribution in [0.3, 0.4) is 0 Å². The Morgan fingerprint density at radius 3 is 2.64 bits per heavy atom. The van der Waals surface area contributed by atoms with Crippen LogP contribution in [0, 0.1) is 0 Å². The summed E-state index contributed by atoms with van der Waals surface area (Å²) in [5.74, 6) is 2.04. The van der Waals surface area contributed by atoms with Gasteiger partial charge in [0.05, 0.1) is 13.2 Å². The van der Waals surface area contributed by atoms with E-state index in [-0.39, 0.29) is 11.6 Å². The molecule has 2 nitrogen and oxygen atoms in total. The van der Waals surface area contributed by atoms with Crippen LogP contribution in [0.1, 0.15) is 56.7 Å². The first-order valence-corrected chi connectivity index (χ1v) is 10.3. The van der Waals surface area contributed by atoms with Gasteiger partial charge in [0.1, 0.15) is 5.75 Å². The molecule has 0 radical (unpaired) electrons. The molecule has 0 spiro atoms. The Bertz CT molecular complexity index is 688. The molecule has 0 amide bonds. The fraction of sp³-hybridized carbons (Fsp3) is 0.455. The Morgan fingerprint density at radius 2 is 1.96 bits per heavy atom. The van der Waals surface area contributed by atoms with Gasteiger partial charge >= 0.3 is 0 Å². The molecule has 1 N–H and O–H groups in total. The average molecular weight is 356 g/mol. The molecule has 134 valence electrons. The number of hydrogen-bond acceptors (Lipinski definition) is 3. The standard InChI is InChI=1S/C22H29NOS/c1-4-6-14-22(5-2)16-25-20-15-18(24-3)12-13-19(20)21(23-22)17-10-8-7-9-11-17/h7-13,15,21,23H,4-6,14,16H2,1-3H3/t21-,22-/m0/s1. The van der Waals surface area contributed by atoms with Gasteiger partial charge in [0.15, 0.2) is 0 Å². The number of fused-ring (bicyclic) bond motifs is 1. The molecule has 1 heterocycles. The maximum Gasteiger partial charge on any atom is 0.119 e. The fourth-order valence-corrected chi connectivity index (χ4v) is 5.01. The predicted octanol–water partition coefficient (Wildman–Crippen LogP) is 5.82. The topological polar surface area (TPSA) is 21.3 Å². The van der Waals surface area contributed by atoms with Crippen LogP contribution in [0.4, 0.5) is 0 Å². The van der Waals surface area contributed by atoms with Crippen LogP contribution in [0.15, 0.2) is 53.4 Å². The van der Waals surface area contributed by atoms with Gasteiger partial charge in [-0.15, -0.1) is 11.8 Å². The summed E-state index contributed by atoms with van der Waals surface area (Å²) in [6.07, 6.45) is 4.88. The van der Waals surface area contributed by atoms with Gasteiger partial charge in [-0.05, 0) is 36.1 Å². The molecule has 2 atom stereocenters. The van der Waals surface area contributed by atoms with Crippen LogP contribution < -0.4 is 10.1 Å². The quantitative estimate of drug-likeness (QED) is 0.705. The van der Waals surface area contributed by atoms with Gasteiger partial charge in [-0.25, -0.2) is 0 Å². The summed E-state index contributed by atoms with van der Waals surface area (Å²) >= 11 is 1.98. The molecular formula is C22H29NOS. The lowest BCUT2D eigenvalue weighted by Gasteiger charge is -2.36. The van der Waals surface area contributed by atoms with Crippen molar-refractivity contribution in [1.29, 1.82) is 0 Å². The molecule has 0 bridgehead atoms. The Morgan fingerprint density at radius 1 is 1.16 bits per heavy atom. The number of hydrogen-bond donors (Lipinski definition) is 1. The molecule has 0 unspecified atom stereocenters. The van der Waals surface area contributed by atoms with Crippen molar-refractivity contribution in [2.45, 2.75) is 56.0 Å². The number of thioether (sulfide) groups is 1. The van der Waals surface area contributed by atoms with Gasteiger partial charge in [-0.2, -0.15) is 0 Å². The normalized spacial score (nSPS) is 22.9. The van der Waals surface area contributed by atoms with E-state index in [0.29, 0.717) is 0 Å². The molecule has 2 aromatic rings. The monoisotopic (exact) mass is 355 g/mol. The number of rotatable bonds is 6. The maximum absolute atomic E-state index is 5.47. The third-order valence-corrected chi connectivity index (χ3v) is 6.67. The second-order valence-corrected chi connectivity index (χ2v) is 7.94. The maximum atomic E-state index is 5.47. The van der Waals surface area contributed by atoms with E-state index in [0.717, 1.165) is 17.9 Å². The van der Waals surface area contributed by atoms with E-state index < -0.39 is 0 Å². The van der Waals surface area contributed by atoms with Crippen LogP contribution >= 0.6 is 11.8 Å². The zero-order valence-electron chi connectivity index (χ0n) is 15.5. The third kappa shape index (κ3) is 4.04. The first kappa shape index (κ1) is 18.3. The minimum atomic E-state index is 0.174. The zero-order valence-corrected chi connectivity index (χ0v) is 16.4. The number of benzene rings is 2. The molecule has 0 aliphatic carbocycles. The molecule has 3 heteroatoms. The van der Waals surface area contributed by atoms with Crippen molar-refractivity contribution >= 4 is 11.8 Å². The Hall–Kier alpha value is -1.45. The summed E-state index contributed by atoms with van der Waals surface area (Å²) in [4.78, 5) is 1.34. The molecule has 0 saturated heterocycles. The number of nitrogens with one attached hydrogen (secondary N) is 1. The highest BCUT2D eigenvalue weighted by Gasteiger charge is 2.35. The van der Waals surface area contributed by atoms with Gasteiger partial charge in [0.25, 0.3) is 0 Å². The SMILES string of the molecule is CCCC[C@@]1(CC)CSc2cc(OC)ccc2[C@H](c2ccccc2)N1. The molecule has 1 aliphatic heterocycles. The highest BCUT2D eigenvalue weighted by Crippen LogP contribution is 2.42. The molecule has 25 heavy (non-hydrogen) atoms. The van der Waals surface area contributed by atoms with Crippen LogP contribution in [0.5, 0.6) is 5.75 Å². The van der Waals surface area contributed by atoms with E-state index in [2.05, 4.69) is 67.7 Å². The molecule has 0 saturated carbocycles. The summed E-state index contributed by atoms with van der Waals surface area (Å²) in [6, 6.07) is 17.6. The minimum Gasteiger partial charge on any atom is -0.497 e. The van der Waals surface area contributed by atoms with E-state index in [1.807, 2.05) is 11.8 Å². The summed E-state index contributed by atoms with van der Waals surface area (Å²) in [5.41, 5.74) is 2.88. The van der Waals surface area contributed by atoms with Gasteiger partial charge in [-0.1, -0.05) is 63.1 Å². The van der Waals surface area contributed by atoms with Crippen LogP contribution in [0.2, 0.25) is 0 Å². The van der Waals surface area contributed by atoms with E-state index in [1.165, 1.54) is 35.3 Å². The van der Waals surface area contributed by atoms with Gasteiger partial charge < -0.3 is 4.74 Å². The van der Waals surface area contributed by atoms with Crippen molar-refractivity contribution in [3.63, 3.8) is 0 Å². The molecule has 2 aromatic carbocycles. The van der Waals surface area contributed by atoms with Crippen LogP contribution in [-0.2, 0) is 0 Å². The van der Waals surface area contributed by atoms with Crippen molar-refractivity contribution in [1.82, 2.24) is 5.32 Å². The molecule has 3 rings (SSSR count). The summed E-state index contributed by atoms with van der Waals surface area (Å²) in [6.45, 7) is 4.60. The van der Waals surface area contributed by atoms with Crippen LogP contribution in [-0.4, -0.2) is 18.4 Å². The van der Waals surface area contributed by atoms with Gasteiger partial charge in [0, 0.05) is 16.2 Å². The second kappa shape index (κ2) is 8.29. The molecule has 1 aliphatic rings. The lowest BCUT2D eigenvalue weighted by molar-refractivity contribution is 0.298. The largest absolute Gasteiger partial charge is 0.497 e. The fourth-order valence-electron chi connectivity index (χ4n) is 3.60. The zero-order chi connectivity index (χ0) is 17.7. The summed E-state index contributed by atoms with van der Waals surface area (Å²) in [7, 11) is 1.74. The number of ether oxygens (including phenoxy) is 1. The van der Waals surface area contributed by atoms with E-state index in [1.54, 1.807) is 7.11 Å². The number of unbranched alkanes of at least 4 members (excludes halogenated alkanes) is 1. The van der Waals surface area contributed by atoms with Gasteiger partial charge in [0.2, 0.25) is 0 Å². The summed E-state index contributed by atoms with van der Waals surface area (Å²) < 4.78 is 5.47. The Labute approximate surface area is 156 Å².